The van der Waals surface area contributed by atoms with E-state index in [0.29, 0.717) is 18.0 Å². The average molecular weight is 523 g/mol. The summed E-state index contributed by atoms with van der Waals surface area (Å²) < 4.78 is 92.1. The van der Waals surface area contributed by atoms with Gasteiger partial charge in [0.2, 0.25) is 0 Å². The van der Waals surface area contributed by atoms with Gasteiger partial charge in [0, 0.05) is 23.7 Å². The van der Waals surface area contributed by atoms with Gasteiger partial charge in [-0.05, 0) is 24.3 Å². The van der Waals surface area contributed by atoms with Crippen molar-refractivity contribution < 1.29 is 45.0 Å². The van der Waals surface area contributed by atoms with E-state index in [1.54, 1.807) is 10.3 Å². The van der Waals surface area contributed by atoms with Crippen LogP contribution in [0.4, 0.5) is 38.5 Å². The highest BCUT2D eigenvalue weighted by Crippen LogP contribution is 2.39. The first-order valence-electron chi connectivity index (χ1n) is 9.10. The molecule has 0 spiro atoms. The normalized spacial score (nSPS) is 13.3. The Bertz CT molecular complexity index is 1280. The Morgan fingerprint density at radius 2 is 1.82 bits per heavy atom. The number of thiazole rings is 1. The van der Waals surface area contributed by atoms with Crippen LogP contribution in [0.1, 0.15) is 0 Å². The minimum absolute atomic E-state index is 0.00196. The van der Waals surface area contributed by atoms with Crippen LogP contribution in [0.15, 0.2) is 52.9 Å². The summed E-state index contributed by atoms with van der Waals surface area (Å²) >= 11 is 1.16. The summed E-state index contributed by atoms with van der Waals surface area (Å²) in [4.78, 5) is 14.4. The van der Waals surface area contributed by atoms with Gasteiger partial charge in [0.1, 0.15) is 24.0 Å². The Morgan fingerprint density at radius 1 is 1.15 bits per heavy atom. The fourth-order valence-corrected chi connectivity index (χ4v) is 4.57. The van der Waals surface area contributed by atoms with Gasteiger partial charge in [-0.2, -0.15) is 13.2 Å². The fourth-order valence-electron chi connectivity index (χ4n) is 2.77. The van der Waals surface area contributed by atoms with Crippen LogP contribution in [0.25, 0.3) is 0 Å². The van der Waals surface area contributed by atoms with Crippen molar-refractivity contribution in [3.63, 3.8) is 0 Å². The molecule has 0 saturated carbocycles. The number of carboxylic acid groups (broad SMARTS) is 1. The van der Waals surface area contributed by atoms with Crippen molar-refractivity contribution in [3.8, 4) is 5.75 Å². The average Bonchev–Trinajstić information content (AvgIpc) is 3.25. The zero-order valence-electron chi connectivity index (χ0n) is 16.7. The van der Waals surface area contributed by atoms with E-state index in [1.807, 2.05) is 0 Å². The number of aliphatic carboxylic acids is 1. The molecule has 2 heterocycles. The number of rotatable bonds is 4. The number of hydrogen-bond donors (Lipinski definition) is 2. The number of hydrogen-bond acceptors (Lipinski definition) is 7. The highest BCUT2D eigenvalue weighted by molar-refractivity contribution is 7.93. The predicted octanol–water partition coefficient (Wildman–Crippen LogP) is 4.39. The van der Waals surface area contributed by atoms with Crippen molar-refractivity contribution in [2.45, 2.75) is 11.1 Å². The topological polar surface area (TPSA) is 109 Å². The molecule has 34 heavy (non-hydrogen) atoms. The molecular formula is C19H14F5N3O5S2. The zero-order valence-corrected chi connectivity index (χ0v) is 18.3. The number of fused-ring (bicyclic) bond motifs is 1. The molecule has 2 N–H and O–H groups in total. The van der Waals surface area contributed by atoms with E-state index in [1.165, 1.54) is 36.5 Å². The van der Waals surface area contributed by atoms with E-state index in [-0.39, 0.29) is 22.3 Å². The molecule has 2 aromatic carbocycles. The predicted molar refractivity (Wildman–Crippen MR) is 112 cm³/mol. The van der Waals surface area contributed by atoms with E-state index in [9.17, 15) is 30.4 Å². The van der Waals surface area contributed by atoms with Crippen molar-refractivity contribution in [2.24, 2.45) is 0 Å². The molecule has 0 radical (unpaired) electrons. The molecule has 0 amide bonds. The lowest BCUT2D eigenvalue weighted by Crippen LogP contribution is -2.29. The molecule has 3 aromatic rings. The molecule has 0 saturated heterocycles. The highest BCUT2D eigenvalue weighted by Gasteiger charge is 2.38. The second-order valence-electron chi connectivity index (χ2n) is 6.47. The van der Waals surface area contributed by atoms with Gasteiger partial charge in [0.25, 0.3) is 10.0 Å². The maximum atomic E-state index is 14.2. The minimum Gasteiger partial charge on any atom is -0.489 e. The van der Waals surface area contributed by atoms with E-state index in [4.69, 9.17) is 14.6 Å². The quantitative estimate of drug-likeness (QED) is 0.489. The Hall–Kier alpha value is -3.46. The number of benzene rings is 2. The first-order valence-corrected chi connectivity index (χ1v) is 11.5. The lowest BCUT2D eigenvalue weighted by Gasteiger charge is -2.31. The van der Waals surface area contributed by atoms with Gasteiger partial charge in [-0.15, -0.1) is 11.3 Å². The molecule has 0 bridgehead atoms. The monoisotopic (exact) mass is 523 g/mol. The number of alkyl halides is 3. The maximum Gasteiger partial charge on any atom is 0.490 e. The molecule has 0 atom stereocenters. The standard InChI is InChI=1S/C17H13F2N3O3S2.C2HF3O2/c18-11-1-3-14(13(19)9-11)22-6-7-25-16-10-12(2-4-15(16)22)27(23,24)21-17-20-5-8-26-17;3-2(4,5)1(6)7/h1-5,8-10H,6-7H2,(H,20,21);(H,6,7). The number of anilines is 3. The largest absolute Gasteiger partial charge is 0.490 e. The molecule has 15 heteroatoms. The summed E-state index contributed by atoms with van der Waals surface area (Å²) in [6.45, 7) is 0.576. The van der Waals surface area contributed by atoms with Crippen LogP contribution in [-0.4, -0.2) is 43.8 Å². The summed E-state index contributed by atoms with van der Waals surface area (Å²) in [6.07, 6.45) is -3.59. The van der Waals surface area contributed by atoms with Crippen LogP contribution in [0.2, 0.25) is 0 Å². The van der Waals surface area contributed by atoms with Crippen LogP contribution >= 0.6 is 11.3 Å². The summed E-state index contributed by atoms with van der Waals surface area (Å²) in [5.74, 6) is -3.83. The second-order valence-corrected chi connectivity index (χ2v) is 9.05. The van der Waals surface area contributed by atoms with Crippen molar-refractivity contribution in [2.75, 3.05) is 22.8 Å². The van der Waals surface area contributed by atoms with E-state index < -0.39 is 33.8 Å². The fraction of sp³-hybridized carbons (Fsp3) is 0.158. The smallest absolute Gasteiger partial charge is 0.489 e. The Morgan fingerprint density at radius 3 is 2.41 bits per heavy atom. The number of nitrogens with zero attached hydrogens (tertiary/aromatic N) is 2. The van der Waals surface area contributed by atoms with Crippen LogP contribution in [0.3, 0.4) is 0 Å². The second kappa shape index (κ2) is 9.80. The van der Waals surface area contributed by atoms with E-state index >= 15 is 0 Å². The molecule has 8 nitrogen and oxygen atoms in total. The molecule has 0 unspecified atom stereocenters. The van der Waals surface area contributed by atoms with Crippen LogP contribution in [-0.2, 0) is 14.8 Å². The molecule has 4 rings (SSSR count). The summed E-state index contributed by atoms with van der Waals surface area (Å²) in [7, 11) is -3.84. The first-order chi connectivity index (χ1) is 15.9. The molecule has 1 aromatic heterocycles. The molecule has 1 aliphatic heterocycles. The summed E-state index contributed by atoms with van der Waals surface area (Å²) in [5, 5.41) is 9.03. The molecule has 0 fully saturated rings. The van der Waals surface area contributed by atoms with Crippen LogP contribution in [0.5, 0.6) is 5.75 Å². The third-order valence-corrected chi connectivity index (χ3v) is 6.36. The lowest BCUT2D eigenvalue weighted by atomic mass is 10.2. The van der Waals surface area contributed by atoms with Crippen molar-refractivity contribution >= 4 is 43.8 Å². The highest BCUT2D eigenvalue weighted by atomic mass is 32.2. The van der Waals surface area contributed by atoms with Crippen molar-refractivity contribution in [1.29, 1.82) is 0 Å². The van der Waals surface area contributed by atoms with Gasteiger partial charge in [-0.1, -0.05) is 0 Å². The maximum absolute atomic E-state index is 14.2. The van der Waals surface area contributed by atoms with Crippen LogP contribution in [0, 0.1) is 11.6 Å². The number of aromatic nitrogens is 1. The van der Waals surface area contributed by atoms with Gasteiger partial charge >= 0.3 is 12.1 Å². The van der Waals surface area contributed by atoms with Crippen LogP contribution < -0.4 is 14.4 Å². The minimum atomic E-state index is -5.08. The molecular weight excluding hydrogens is 509 g/mol. The Labute approximate surface area is 193 Å². The Balaban J connectivity index is 0.000000406. The van der Waals surface area contributed by atoms with Gasteiger partial charge in [-0.3, -0.25) is 4.72 Å². The third kappa shape index (κ3) is 5.91. The van der Waals surface area contributed by atoms with Crippen molar-refractivity contribution in [1.82, 2.24) is 4.98 Å². The lowest BCUT2D eigenvalue weighted by molar-refractivity contribution is -0.192. The number of carbonyl (C=O) groups is 1. The zero-order chi connectivity index (χ0) is 25.1. The molecule has 1 aliphatic rings. The summed E-state index contributed by atoms with van der Waals surface area (Å²) in [5.41, 5.74) is 0.692. The number of sulfonamides is 1. The van der Waals surface area contributed by atoms with Crippen molar-refractivity contribution in [3.05, 3.63) is 59.6 Å². The van der Waals surface area contributed by atoms with Gasteiger partial charge < -0.3 is 14.7 Å². The van der Waals surface area contributed by atoms with Gasteiger partial charge in [0.15, 0.2) is 5.13 Å². The Kier molecular flexibility index (Phi) is 7.26. The SMILES string of the molecule is O=C(O)C(F)(F)F.O=S(=O)(Nc1nccs1)c1ccc2c(c1)OCCN2c1ccc(F)cc1F. The van der Waals surface area contributed by atoms with E-state index in [0.717, 1.165) is 17.4 Å². The van der Waals surface area contributed by atoms with E-state index in [2.05, 4.69) is 9.71 Å². The van der Waals surface area contributed by atoms with Gasteiger partial charge in [-0.25, -0.2) is 27.0 Å². The summed E-state index contributed by atoms with van der Waals surface area (Å²) in [6, 6.07) is 7.63. The number of nitrogens with one attached hydrogen (secondary N) is 1. The van der Waals surface area contributed by atoms with Gasteiger partial charge in [0.05, 0.1) is 22.8 Å². The third-order valence-electron chi connectivity index (χ3n) is 4.20. The molecule has 182 valence electrons. The number of ether oxygens (including phenoxy) is 1. The number of carboxylic acids is 1. The number of halogens is 5. The first kappa shape index (κ1) is 25.2. The molecule has 0 aliphatic carbocycles.